The topological polar surface area (TPSA) is 58.4 Å². The van der Waals surface area contributed by atoms with E-state index in [9.17, 15) is 4.79 Å². The van der Waals surface area contributed by atoms with Crippen LogP contribution in [-0.4, -0.2) is 25.0 Å². The van der Waals surface area contributed by atoms with Gasteiger partial charge in [0.2, 0.25) is 5.91 Å². The van der Waals surface area contributed by atoms with Crippen molar-refractivity contribution >= 4 is 23.2 Å². The molecule has 3 rings (SSSR count). The predicted octanol–water partition coefficient (Wildman–Crippen LogP) is 2.91. The van der Waals surface area contributed by atoms with Gasteiger partial charge in [-0.1, -0.05) is 48.0 Å². The second-order valence-electron chi connectivity index (χ2n) is 6.28. The van der Waals surface area contributed by atoms with Crippen molar-refractivity contribution in [3.63, 3.8) is 0 Å². The van der Waals surface area contributed by atoms with Gasteiger partial charge in [-0.15, -0.1) is 0 Å². The number of carbonyl (C=O) groups excluding carboxylic acids is 1. The molecule has 3 N–H and O–H groups in total. The van der Waals surface area contributed by atoms with Crippen molar-refractivity contribution < 1.29 is 4.79 Å². The van der Waals surface area contributed by atoms with E-state index in [0.29, 0.717) is 18.1 Å². The highest BCUT2D eigenvalue weighted by Crippen LogP contribution is 2.26. The largest absolute Gasteiger partial charge is 0.360 e. The lowest BCUT2D eigenvalue weighted by molar-refractivity contribution is -0.120. The van der Waals surface area contributed by atoms with Gasteiger partial charge < -0.3 is 16.0 Å². The third-order valence-corrected chi connectivity index (χ3v) is 4.70. The average Bonchev–Trinajstić information content (AvgIpc) is 2.54. The molecule has 0 bridgehead atoms. The summed E-state index contributed by atoms with van der Waals surface area (Å²) in [5.74, 6) is -0.0358. The van der Waals surface area contributed by atoms with Crippen LogP contribution in [-0.2, 0) is 11.2 Å². The number of hydrogen-bond donors (Lipinski definition) is 2. The number of nitrogens with zero attached hydrogens (tertiary/aromatic N) is 1. The first-order chi connectivity index (χ1) is 11.5. The van der Waals surface area contributed by atoms with Crippen LogP contribution < -0.4 is 16.0 Å². The van der Waals surface area contributed by atoms with Crippen LogP contribution in [0.1, 0.15) is 24.1 Å². The number of para-hydroxylation sites is 1. The first-order valence-corrected chi connectivity index (χ1v) is 8.54. The number of nitrogens with two attached hydrogens (primary N) is 1. The van der Waals surface area contributed by atoms with Crippen LogP contribution in [0, 0.1) is 0 Å². The molecule has 0 aromatic heterocycles. The molecular weight excluding hydrogens is 322 g/mol. The van der Waals surface area contributed by atoms with Crippen LogP contribution >= 0.6 is 11.6 Å². The molecule has 1 amide bonds. The number of nitrogens with one attached hydrogen (secondary N) is 1. The van der Waals surface area contributed by atoms with Crippen molar-refractivity contribution in [2.45, 2.75) is 25.4 Å². The molecule has 0 fully saturated rings. The van der Waals surface area contributed by atoms with E-state index in [2.05, 4.69) is 16.3 Å². The van der Waals surface area contributed by atoms with E-state index in [1.54, 1.807) is 0 Å². The summed E-state index contributed by atoms with van der Waals surface area (Å²) in [6.07, 6.45) is 0.852. The molecule has 1 aliphatic heterocycles. The minimum Gasteiger partial charge on any atom is -0.360 e. The molecule has 2 aromatic rings. The molecule has 24 heavy (non-hydrogen) atoms. The van der Waals surface area contributed by atoms with Crippen molar-refractivity contribution in [2.75, 3.05) is 18.0 Å². The van der Waals surface area contributed by atoms with Crippen LogP contribution in [0.4, 0.5) is 5.69 Å². The number of fused-ring (bicyclic) bond motifs is 1. The van der Waals surface area contributed by atoms with Gasteiger partial charge >= 0.3 is 0 Å². The molecule has 1 heterocycles. The lowest BCUT2D eigenvalue weighted by Gasteiger charge is -2.34. The summed E-state index contributed by atoms with van der Waals surface area (Å²) in [4.78, 5) is 14.5. The Morgan fingerprint density at radius 1 is 1.29 bits per heavy atom. The van der Waals surface area contributed by atoms with E-state index in [1.165, 1.54) is 5.56 Å². The van der Waals surface area contributed by atoms with Gasteiger partial charge in [0.05, 0.1) is 12.6 Å². The van der Waals surface area contributed by atoms with Gasteiger partial charge in [-0.25, -0.2) is 0 Å². The zero-order valence-electron chi connectivity index (χ0n) is 13.7. The molecule has 0 aliphatic carbocycles. The Hall–Kier alpha value is -2.04. The van der Waals surface area contributed by atoms with Gasteiger partial charge in [0.15, 0.2) is 0 Å². The molecule has 126 valence electrons. The zero-order valence-corrected chi connectivity index (χ0v) is 14.5. The van der Waals surface area contributed by atoms with Crippen LogP contribution in [0.3, 0.4) is 0 Å². The molecule has 0 spiro atoms. The maximum absolute atomic E-state index is 12.5. The molecule has 0 saturated heterocycles. The van der Waals surface area contributed by atoms with Gasteiger partial charge in [0.25, 0.3) is 0 Å². The number of carbonyl (C=O) groups is 1. The van der Waals surface area contributed by atoms with E-state index in [4.69, 9.17) is 17.3 Å². The first-order valence-electron chi connectivity index (χ1n) is 8.17. The molecule has 2 atom stereocenters. The van der Waals surface area contributed by atoms with Crippen LogP contribution in [0.5, 0.6) is 0 Å². The fourth-order valence-electron chi connectivity index (χ4n) is 3.23. The van der Waals surface area contributed by atoms with E-state index < -0.39 is 0 Å². The molecule has 2 unspecified atom stereocenters. The minimum absolute atomic E-state index is 0.0358. The molecule has 0 saturated carbocycles. The van der Waals surface area contributed by atoms with Crippen molar-refractivity contribution in [1.82, 2.24) is 5.32 Å². The molecule has 1 aliphatic rings. The fourth-order valence-corrected chi connectivity index (χ4v) is 3.53. The highest BCUT2D eigenvalue weighted by Gasteiger charge is 2.24. The lowest BCUT2D eigenvalue weighted by atomic mass is 9.98. The van der Waals surface area contributed by atoms with Crippen molar-refractivity contribution in [2.24, 2.45) is 5.73 Å². The Morgan fingerprint density at radius 3 is 2.79 bits per heavy atom. The monoisotopic (exact) mass is 343 g/mol. The standard InChI is InChI=1S/C19H22ClN3O/c1-13(16-7-3-4-8-17(16)20)22-19(24)12-23-11-15(21)10-14-6-2-5-9-18(14)23/h2-9,13,15H,10-12,21H2,1H3,(H,22,24). The Kier molecular flexibility index (Phi) is 5.07. The molecule has 5 heteroatoms. The second kappa shape index (κ2) is 7.24. The molecule has 0 radical (unpaired) electrons. The predicted molar refractivity (Wildman–Crippen MR) is 98.3 cm³/mol. The number of amides is 1. The van der Waals surface area contributed by atoms with E-state index in [-0.39, 0.29) is 18.0 Å². The highest BCUT2D eigenvalue weighted by atomic mass is 35.5. The summed E-state index contributed by atoms with van der Waals surface area (Å²) >= 11 is 6.20. The summed E-state index contributed by atoms with van der Waals surface area (Å²) < 4.78 is 0. The quantitative estimate of drug-likeness (QED) is 0.897. The van der Waals surface area contributed by atoms with Crippen LogP contribution in [0.25, 0.3) is 0 Å². The fraction of sp³-hybridized carbons (Fsp3) is 0.316. The number of halogens is 1. The number of rotatable bonds is 4. The van der Waals surface area contributed by atoms with E-state index in [0.717, 1.165) is 17.7 Å². The smallest absolute Gasteiger partial charge is 0.239 e. The maximum atomic E-state index is 12.5. The summed E-state index contributed by atoms with van der Waals surface area (Å²) in [5.41, 5.74) is 9.35. The van der Waals surface area contributed by atoms with Gasteiger partial charge in [0.1, 0.15) is 0 Å². The number of benzene rings is 2. The number of anilines is 1. The third-order valence-electron chi connectivity index (χ3n) is 4.35. The first kappa shape index (κ1) is 16.8. The molecule has 4 nitrogen and oxygen atoms in total. The normalized spacial score (nSPS) is 18.0. The van der Waals surface area contributed by atoms with Crippen molar-refractivity contribution in [3.05, 3.63) is 64.7 Å². The summed E-state index contributed by atoms with van der Waals surface area (Å²) in [6, 6.07) is 15.6. The van der Waals surface area contributed by atoms with Crippen molar-refractivity contribution in [3.8, 4) is 0 Å². The van der Waals surface area contributed by atoms with Gasteiger partial charge in [-0.2, -0.15) is 0 Å². The summed E-state index contributed by atoms with van der Waals surface area (Å²) in [7, 11) is 0. The van der Waals surface area contributed by atoms with Crippen LogP contribution in [0.15, 0.2) is 48.5 Å². The second-order valence-corrected chi connectivity index (χ2v) is 6.69. The van der Waals surface area contributed by atoms with Crippen LogP contribution in [0.2, 0.25) is 5.02 Å². The molecule has 2 aromatic carbocycles. The van der Waals surface area contributed by atoms with Crippen molar-refractivity contribution in [1.29, 1.82) is 0 Å². The Bertz CT molecular complexity index is 734. The Labute approximate surface area is 147 Å². The molecular formula is C19H22ClN3O. The SMILES string of the molecule is CC(NC(=O)CN1CC(N)Cc2ccccc21)c1ccccc1Cl. The summed E-state index contributed by atoms with van der Waals surface area (Å²) in [5, 5.41) is 3.69. The maximum Gasteiger partial charge on any atom is 0.239 e. The van der Waals surface area contributed by atoms with Gasteiger partial charge in [-0.3, -0.25) is 4.79 Å². The minimum atomic E-state index is -0.139. The average molecular weight is 344 g/mol. The highest BCUT2D eigenvalue weighted by molar-refractivity contribution is 6.31. The third kappa shape index (κ3) is 3.71. The van der Waals surface area contributed by atoms with Gasteiger partial charge in [0, 0.05) is 23.3 Å². The summed E-state index contributed by atoms with van der Waals surface area (Å²) in [6.45, 7) is 2.92. The van der Waals surface area contributed by atoms with Gasteiger partial charge in [-0.05, 0) is 36.6 Å². The zero-order chi connectivity index (χ0) is 17.1. The lowest BCUT2D eigenvalue weighted by Crippen LogP contribution is -2.47. The Balaban J connectivity index is 1.68. The number of hydrogen-bond acceptors (Lipinski definition) is 3. The Morgan fingerprint density at radius 2 is 2.00 bits per heavy atom. The van der Waals surface area contributed by atoms with E-state index >= 15 is 0 Å². The van der Waals surface area contributed by atoms with E-state index in [1.807, 2.05) is 49.4 Å².